The monoisotopic (exact) mass is 301 g/mol. The van der Waals surface area contributed by atoms with Gasteiger partial charge in [-0.25, -0.2) is 0 Å². The van der Waals surface area contributed by atoms with Gasteiger partial charge in [-0.2, -0.15) is 0 Å². The number of hydrogen-bond acceptors (Lipinski definition) is 3. The molecule has 22 heavy (non-hydrogen) atoms. The zero-order valence-electron chi connectivity index (χ0n) is 12.2. The van der Waals surface area contributed by atoms with Gasteiger partial charge in [0, 0.05) is 24.7 Å². The Hall–Kier alpha value is -2.63. The van der Waals surface area contributed by atoms with E-state index in [1.807, 2.05) is 0 Å². The number of piperidine rings is 1. The van der Waals surface area contributed by atoms with Crippen molar-refractivity contribution in [1.82, 2.24) is 10.6 Å². The summed E-state index contributed by atoms with van der Waals surface area (Å²) in [4.78, 5) is 34.2. The van der Waals surface area contributed by atoms with Gasteiger partial charge in [-0.05, 0) is 30.2 Å². The van der Waals surface area contributed by atoms with Crippen LogP contribution in [-0.4, -0.2) is 30.3 Å². The molecule has 1 atom stereocenters. The first-order valence-corrected chi connectivity index (χ1v) is 7.15. The van der Waals surface area contributed by atoms with Gasteiger partial charge in [-0.3, -0.25) is 14.4 Å². The van der Waals surface area contributed by atoms with Gasteiger partial charge in [0.2, 0.25) is 17.7 Å². The highest BCUT2D eigenvalue weighted by molar-refractivity contribution is 5.98. The fourth-order valence-corrected chi connectivity index (χ4v) is 2.22. The lowest BCUT2D eigenvalue weighted by Gasteiger charge is -2.23. The molecule has 3 N–H and O–H groups in total. The van der Waals surface area contributed by atoms with E-state index in [2.05, 4.69) is 22.5 Å². The number of hydrogen-bond donors (Lipinski definition) is 3. The molecule has 1 aliphatic heterocycles. The Kier molecular flexibility index (Phi) is 5.30. The molecule has 1 aromatic rings. The molecule has 1 unspecified atom stereocenters. The van der Waals surface area contributed by atoms with Gasteiger partial charge >= 0.3 is 0 Å². The number of amides is 3. The first-order valence-electron chi connectivity index (χ1n) is 7.15. The summed E-state index contributed by atoms with van der Waals surface area (Å²) in [6.07, 6.45) is 2.58. The third-order valence-electron chi connectivity index (χ3n) is 3.40. The van der Waals surface area contributed by atoms with Crippen LogP contribution >= 0.6 is 0 Å². The van der Waals surface area contributed by atoms with E-state index in [1.54, 1.807) is 24.3 Å². The summed E-state index contributed by atoms with van der Waals surface area (Å²) in [5, 5.41) is 8.28. The molecule has 0 radical (unpaired) electrons. The van der Waals surface area contributed by atoms with Gasteiger partial charge in [0.1, 0.15) is 0 Å². The zero-order chi connectivity index (χ0) is 15.9. The fraction of sp³-hybridized carbons (Fsp3) is 0.312. The number of nitrogens with one attached hydrogen (secondary N) is 3. The zero-order valence-corrected chi connectivity index (χ0v) is 12.2. The van der Waals surface area contributed by atoms with Gasteiger partial charge < -0.3 is 16.0 Å². The second-order valence-corrected chi connectivity index (χ2v) is 5.17. The number of carbonyl (C=O) groups is 3. The molecular formula is C16H19N3O3. The molecule has 116 valence electrons. The Labute approximate surface area is 129 Å². The standard InChI is InChI=1S/C16H19N3O3/c1-2-14(20)18-12-5-3-11(4-6-12)9-16(22)19-13-7-8-15(21)17-10-13/h2-6,13H,1,7-10H2,(H,17,21)(H,18,20)(H,19,22). The molecular weight excluding hydrogens is 282 g/mol. The van der Waals surface area contributed by atoms with Crippen LogP contribution in [0, 0.1) is 0 Å². The minimum Gasteiger partial charge on any atom is -0.354 e. The molecule has 1 aromatic carbocycles. The smallest absolute Gasteiger partial charge is 0.247 e. The minimum absolute atomic E-state index is 0.00338. The highest BCUT2D eigenvalue weighted by Gasteiger charge is 2.19. The SMILES string of the molecule is C=CC(=O)Nc1ccc(CC(=O)NC2CCC(=O)NC2)cc1. The number of carbonyl (C=O) groups excluding carboxylic acids is 3. The molecule has 2 rings (SSSR count). The van der Waals surface area contributed by atoms with E-state index in [0.29, 0.717) is 25.1 Å². The van der Waals surface area contributed by atoms with Crippen LogP contribution in [0.4, 0.5) is 5.69 Å². The van der Waals surface area contributed by atoms with Crippen LogP contribution in [0.2, 0.25) is 0 Å². The lowest BCUT2D eigenvalue weighted by Crippen LogP contribution is -2.48. The van der Waals surface area contributed by atoms with E-state index in [1.165, 1.54) is 6.08 Å². The Bertz CT molecular complexity index is 571. The van der Waals surface area contributed by atoms with Crippen LogP contribution in [-0.2, 0) is 20.8 Å². The van der Waals surface area contributed by atoms with Crippen LogP contribution in [0.1, 0.15) is 18.4 Å². The van der Waals surface area contributed by atoms with Crippen molar-refractivity contribution in [2.75, 3.05) is 11.9 Å². The second kappa shape index (κ2) is 7.40. The van der Waals surface area contributed by atoms with Gasteiger partial charge in [-0.15, -0.1) is 0 Å². The van der Waals surface area contributed by atoms with Crippen molar-refractivity contribution in [3.63, 3.8) is 0 Å². The molecule has 0 aliphatic carbocycles. The molecule has 1 aliphatic rings. The Morgan fingerprint density at radius 1 is 1.32 bits per heavy atom. The molecule has 6 nitrogen and oxygen atoms in total. The average molecular weight is 301 g/mol. The molecule has 6 heteroatoms. The quantitative estimate of drug-likeness (QED) is 0.701. The van der Waals surface area contributed by atoms with Crippen LogP contribution in [0.3, 0.4) is 0 Å². The van der Waals surface area contributed by atoms with Gasteiger partial charge in [-0.1, -0.05) is 18.7 Å². The number of benzene rings is 1. The Morgan fingerprint density at radius 2 is 2.05 bits per heavy atom. The van der Waals surface area contributed by atoms with Gasteiger partial charge in [0.25, 0.3) is 0 Å². The van der Waals surface area contributed by atoms with Gasteiger partial charge in [0.05, 0.1) is 6.42 Å². The summed E-state index contributed by atoms with van der Waals surface area (Å²) in [6, 6.07) is 7.06. The summed E-state index contributed by atoms with van der Waals surface area (Å²) in [6.45, 7) is 3.87. The van der Waals surface area contributed by atoms with E-state index in [9.17, 15) is 14.4 Å². The predicted octanol–water partition coefficient (Wildman–Crippen LogP) is 0.748. The maximum absolute atomic E-state index is 12.0. The molecule has 1 saturated heterocycles. The largest absolute Gasteiger partial charge is 0.354 e. The van der Waals surface area contributed by atoms with E-state index in [0.717, 1.165) is 5.56 Å². The highest BCUT2D eigenvalue weighted by Crippen LogP contribution is 2.10. The Morgan fingerprint density at radius 3 is 2.64 bits per heavy atom. The van der Waals surface area contributed by atoms with Crippen molar-refractivity contribution in [2.24, 2.45) is 0 Å². The number of rotatable bonds is 5. The van der Waals surface area contributed by atoms with Crippen molar-refractivity contribution in [2.45, 2.75) is 25.3 Å². The van der Waals surface area contributed by atoms with E-state index >= 15 is 0 Å². The third-order valence-corrected chi connectivity index (χ3v) is 3.40. The molecule has 0 saturated carbocycles. The first-order chi connectivity index (χ1) is 10.6. The van der Waals surface area contributed by atoms with E-state index in [-0.39, 0.29) is 30.2 Å². The van der Waals surface area contributed by atoms with Crippen LogP contribution in [0.15, 0.2) is 36.9 Å². The first kappa shape index (κ1) is 15.8. The molecule has 0 spiro atoms. The lowest BCUT2D eigenvalue weighted by molar-refractivity contribution is -0.125. The minimum atomic E-state index is -0.273. The summed E-state index contributed by atoms with van der Waals surface area (Å²) in [5.74, 6) is -0.323. The van der Waals surface area contributed by atoms with Crippen molar-refractivity contribution in [3.8, 4) is 0 Å². The molecule has 0 bridgehead atoms. The van der Waals surface area contributed by atoms with Crippen molar-refractivity contribution in [3.05, 3.63) is 42.5 Å². The number of anilines is 1. The van der Waals surface area contributed by atoms with Crippen molar-refractivity contribution < 1.29 is 14.4 Å². The van der Waals surface area contributed by atoms with Crippen molar-refractivity contribution in [1.29, 1.82) is 0 Å². The average Bonchev–Trinajstić information content (AvgIpc) is 2.51. The molecule has 3 amide bonds. The molecule has 0 aromatic heterocycles. The summed E-state index contributed by atoms with van der Waals surface area (Å²) < 4.78 is 0. The fourth-order valence-electron chi connectivity index (χ4n) is 2.22. The van der Waals surface area contributed by atoms with Crippen molar-refractivity contribution >= 4 is 23.4 Å². The third kappa shape index (κ3) is 4.73. The lowest BCUT2D eigenvalue weighted by atomic mass is 10.1. The maximum atomic E-state index is 12.0. The maximum Gasteiger partial charge on any atom is 0.247 e. The van der Waals surface area contributed by atoms with E-state index in [4.69, 9.17) is 0 Å². The van der Waals surface area contributed by atoms with Crippen LogP contribution < -0.4 is 16.0 Å². The molecule has 1 fully saturated rings. The summed E-state index contributed by atoms with van der Waals surface area (Å²) >= 11 is 0. The second-order valence-electron chi connectivity index (χ2n) is 5.17. The Balaban J connectivity index is 1.82. The summed E-state index contributed by atoms with van der Waals surface area (Å²) in [7, 11) is 0. The van der Waals surface area contributed by atoms with E-state index < -0.39 is 0 Å². The summed E-state index contributed by atoms with van der Waals surface area (Å²) in [5.41, 5.74) is 1.51. The van der Waals surface area contributed by atoms with Gasteiger partial charge in [0.15, 0.2) is 0 Å². The van der Waals surface area contributed by atoms with Crippen LogP contribution in [0.25, 0.3) is 0 Å². The highest BCUT2D eigenvalue weighted by atomic mass is 16.2. The normalized spacial score (nSPS) is 17.3. The topological polar surface area (TPSA) is 87.3 Å². The predicted molar refractivity (Wildman–Crippen MR) is 83.1 cm³/mol. The molecule has 1 heterocycles. The van der Waals surface area contributed by atoms with Crippen LogP contribution in [0.5, 0.6) is 0 Å².